The van der Waals surface area contributed by atoms with Crippen LogP contribution in [0, 0.1) is 5.41 Å². The predicted molar refractivity (Wildman–Crippen MR) is 158 cm³/mol. The van der Waals surface area contributed by atoms with Crippen LogP contribution in [0.3, 0.4) is 0 Å². The average Bonchev–Trinajstić information content (AvgIpc) is 3.74. The molecule has 1 spiro atoms. The minimum atomic E-state index is -0.201. The topological polar surface area (TPSA) is 113 Å². The number of hydrogen-bond acceptors (Lipinski definition) is 7. The molecule has 3 aliphatic rings. The summed E-state index contributed by atoms with van der Waals surface area (Å²) in [6, 6.07) is 14.2. The van der Waals surface area contributed by atoms with Gasteiger partial charge in [-0.05, 0) is 85.6 Å². The lowest BCUT2D eigenvalue weighted by Gasteiger charge is -2.46. The van der Waals surface area contributed by atoms with Crippen LogP contribution in [0.4, 0.5) is 5.95 Å². The smallest absolute Gasteiger partial charge is 0.268 e. The number of amides is 2. The fourth-order valence-corrected chi connectivity index (χ4v) is 7.48. The van der Waals surface area contributed by atoms with E-state index in [2.05, 4.69) is 40.0 Å². The van der Waals surface area contributed by atoms with Gasteiger partial charge in [-0.1, -0.05) is 12.6 Å². The van der Waals surface area contributed by atoms with Crippen LogP contribution in [0.5, 0.6) is 0 Å². The van der Waals surface area contributed by atoms with Crippen molar-refractivity contribution in [3.05, 3.63) is 71.8 Å². The molecule has 3 aromatic heterocycles. The molecule has 1 aromatic carbocycles. The number of imidazole rings is 1. The lowest BCUT2D eigenvalue weighted by atomic mass is 9.64. The summed E-state index contributed by atoms with van der Waals surface area (Å²) in [5.74, 6) is 1.07. The van der Waals surface area contributed by atoms with Crippen molar-refractivity contribution in [2.24, 2.45) is 5.41 Å². The number of aliphatic hydroxyl groups excluding tert-OH is 1. The summed E-state index contributed by atoms with van der Waals surface area (Å²) >= 11 is 1.38. The lowest BCUT2D eigenvalue weighted by Crippen LogP contribution is -2.43. The average molecular weight is 572 g/mol. The second kappa shape index (κ2) is 10.3. The van der Waals surface area contributed by atoms with E-state index in [1.165, 1.54) is 17.4 Å². The third-order valence-electron chi connectivity index (χ3n) is 8.91. The van der Waals surface area contributed by atoms with Crippen molar-refractivity contribution >= 4 is 40.1 Å². The second-order valence-electron chi connectivity index (χ2n) is 11.7. The maximum Gasteiger partial charge on any atom is 0.268 e. The Hall–Kier alpha value is -3.73. The summed E-state index contributed by atoms with van der Waals surface area (Å²) in [5, 5.41) is 16.2. The Balaban J connectivity index is 1.14. The second-order valence-corrected chi connectivity index (χ2v) is 12.8. The van der Waals surface area contributed by atoms with Gasteiger partial charge in [-0.2, -0.15) is 0 Å². The molecule has 212 valence electrons. The first kappa shape index (κ1) is 26.2. The van der Waals surface area contributed by atoms with Crippen molar-refractivity contribution < 1.29 is 19.1 Å². The minimum absolute atomic E-state index is 0.00577. The number of carbonyl (C=O) groups is 2. The Bertz CT molecular complexity index is 1610. The summed E-state index contributed by atoms with van der Waals surface area (Å²) in [7, 11) is 0. The molecule has 10 heteroatoms. The largest absolute Gasteiger partial charge is 0.464 e. The number of likely N-dealkylation sites (tertiary alicyclic amines) is 1. The van der Waals surface area contributed by atoms with E-state index < -0.39 is 0 Å². The van der Waals surface area contributed by atoms with Crippen LogP contribution in [0.25, 0.3) is 21.7 Å². The zero-order valence-corrected chi connectivity index (χ0v) is 23.5. The first-order valence-corrected chi connectivity index (χ1v) is 15.0. The van der Waals surface area contributed by atoms with Crippen molar-refractivity contribution in [3.63, 3.8) is 0 Å². The van der Waals surface area contributed by atoms with Gasteiger partial charge in [0, 0.05) is 31.7 Å². The van der Waals surface area contributed by atoms with Crippen LogP contribution in [0.2, 0.25) is 0 Å². The number of aliphatic hydroxyl groups is 1. The molecular formula is C31H33N5O4S. The predicted octanol–water partition coefficient (Wildman–Crippen LogP) is 4.96. The van der Waals surface area contributed by atoms with Crippen molar-refractivity contribution in [1.29, 1.82) is 0 Å². The molecule has 4 aromatic rings. The van der Waals surface area contributed by atoms with Crippen LogP contribution >= 0.6 is 11.3 Å². The zero-order chi connectivity index (χ0) is 28.1. The fraction of sp³-hybridized carbons (Fsp3) is 0.387. The molecule has 2 aliphatic carbocycles. The van der Waals surface area contributed by atoms with Crippen LogP contribution in [-0.2, 0) is 11.3 Å². The van der Waals surface area contributed by atoms with Crippen molar-refractivity contribution in [2.75, 3.05) is 18.4 Å². The van der Waals surface area contributed by atoms with Gasteiger partial charge in [0.05, 0.1) is 33.2 Å². The lowest BCUT2D eigenvalue weighted by molar-refractivity contribution is -0.125. The van der Waals surface area contributed by atoms with Crippen molar-refractivity contribution in [1.82, 2.24) is 19.8 Å². The molecule has 0 atom stereocenters. The van der Waals surface area contributed by atoms with Gasteiger partial charge in [0.1, 0.15) is 5.76 Å². The first-order valence-electron chi connectivity index (χ1n) is 14.2. The number of carbonyl (C=O) groups excluding carboxylic acids is 2. The number of aromatic nitrogens is 2. The Morgan fingerprint density at radius 3 is 2.83 bits per heavy atom. The Morgan fingerprint density at radius 2 is 2.07 bits per heavy atom. The van der Waals surface area contributed by atoms with Gasteiger partial charge in [-0.3, -0.25) is 14.9 Å². The molecule has 3 N–H and O–H groups in total. The number of fused-ring (bicyclic) bond motifs is 1. The van der Waals surface area contributed by atoms with E-state index in [-0.39, 0.29) is 29.4 Å². The molecule has 1 saturated heterocycles. The molecule has 3 fully saturated rings. The fourth-order valence-electron chi connectivity index (χ4n) is 6.61. The van der Waals surface area contributed by atoms with Crippen LogP contribution < -0.4 is 10.6 Å². The van der Waals surface area contributed by atoms with Crippen LogP contribution in [-0.4, -0.2) is 56.6 Å². The van der Waals surface area contributed by atoms with Crippen LogP contribution in [0.1, 0.15) is 53.4 Å². The minimum Gasteiger partial charge on any atom is -0.464 e. The summed E-state index contributed by atoms with van der Waals surface area (Å²) in [6.45, 7) is 5.85. The number of benzene rings is 1. The highest BCUT2D eigenvalue weighted by molar-refractivity contribution is 7.17. The van der Waals surface area contributed by atoms with Crippen molar-refractivity contribution in [3.8, 4) is 10.6 Å². The van der Waals surface area contributed by atoms with E-state index in [0.717, 1.165) is 72.4 Å². The molecule has 1 aliphatic heterocycles. The summed E-state index contributed by atoms with van der Waals surface area (Å²) < 4.78 is 7.67. The van der Waals surface area contributed by atoms with E-state index in [1.54, 1.807) is 6.26 Å². The number of nitrogens with zero attached hydrogens (tertiary/aromatic N) is 3. The third kappa shape index (κ3) is 4.90. The maximum atomic E-state index is 13.4. The highest BCUT2D eigenvalue weighted by Crippen LogP contribution is 2.55. The Labute approximate surface area is 241 Å². The van der Waals surface area contributed by atoms with E-state index in [4.69, 9.17) is 9.40 Å². The number of rotatable bonds is 8. The molecule has 41 heavy (non-hydrogen) atoms. The molecule has 0 bridgehead atoms. The summed E-state index contributed by atoms with van der Waals surface area (Å²) in [6.07, 6.45) is 7.24. The van der Waals surface area contributed by atoms with E-state index in [9.17, 15) is 14.7 Å². The van der Waals surface area contributed by atoms with Gasteiger partial charge in [-0.15, -0.1) is 11.3 Å². The normalized spacial score (nSPS) is 25.3. The Kier molecular flexibility index (Phi) is 6.56. The quantitative estimate of drug-likeness (QED) is 0.258. The van der Waals surface area contributed by atoms with E-state index >= 15 is 0 Å². The molecule has 4 heterocycles. The molecule has 2 saturated carbocycles. The third-order valence-corrected chi connectivity index (χ3v) is 10.0. The van der Waals surface area contributed by atoms with Gasteiger partial charge in [-0.25, -0.2) is 4.98 Å². The summed E-state index contributed by atoms with van der Waals surface area (Å²) in [5.41, 5.74) is 3.04. The number of nitrogens with one attached hydrogen (secondary N) is 2. The molecule has 9 nitrogen and oxygen atoms in total. The molecule has 2 amide bonds. The molecule has 7 rings (SSSR count). The standard InChI is InChI=1S/C31H33N5O4S/c1-2-28(38)35-10-9-31(18-35)15-21(16-31)36-24-6-5-19(17-32-20-13-22(37)14-20)12-23(24)33-30(36)34-29(39)27-8-7-26(41-27)25-4-3-11-40-25/h2-8,11-12,20-22,32,37H,1,9-10,13-18H2,(H,33,34,39). The highest BCUT2D eigenvalue weighted by Gasteiger charge is 2.50. The van der Waals surface area contributed by atoms with Gasteiger partial charge >= 0.3 is 0 Å². The zero-order valence-electron chi connectivity index (χ0n) is 22.7. The molecular weight excluding hydrogens is 538 g/mol. The molecule has 0 unspecified atom stereocenters. The van der Waals surface area contributed by atoms with Gasteiger partial charge in [0.2, 0.25) is 11.9 Å². The van der Waals surface area contributed by atoms with E-state index in [0.29, 0.717) is 23.4 Å². The van der Waals surface area contributed by atoms with E-state index in [1.807, 2.05) is 29.2 Å². The Morgan fingerprint density at radius 1 is 1.22 bits per heavy atom. The number of thiophene rings is 1. The van der Waals surface area contributed by atoms with Gasteiger partial charge in [0.15, 0.2) is 0 Å². The number of hydrogen-bond donors (Lipinski definition) is 3. The highest BCUT2D eigenvalue weighted by atomic mass is 32.1. The first-order chi connectivity index (χ1) is 19.9. The number of furan rings is 1. The van der Waals surface area contributed by atoms with Crippen molar-refractivity contribution in [2.45, 2.75) is 56.8 Å². The summed E-state index contributed by atoms with van der Waals surface area (Å²) in [4.78, 5) is 33.9. The monoisotopic (exact) mass is 571 g/mol. The van der Waals surface area contributed by atoms with Gasteiger partial charge in [0.25, 0.3) is 5.91 Å². The van der Waals surface area contributed by atoms with Crippen LogP contribution in [0.15, 0.2) is 65.8 Å². The maximum absolute atomic E-state index is 13.4. The van der Waals surface area contributed by atoms with Gasteiger partial charge < -0.3 is 24.3 Å². The molecule has 0 radical (unpaired) electrons. The number of anilines is 1. The SMILES string of the molecule is C=CC(=O)N1CCC2(CC(n3c(NC(=O)c4ccc(-c5ccco5)s4)nc4cc(CNC5CC(O)C5)ccc43)C2)C1.